The standard InChI is InChI=1S/C21H23N.CH4O.H2/c1-5-7-15-10-11-19-17(12-15)14-20(22-19)16-8-6-9-18(13-16)21(2,3)4;1-2;/h5-14,22H,1-4H3;2H,1H3;1H/b7-5+;;. The topological polar surface area (TPSA) is 36.0 Å². The molecule has 0 aliphatic rings. The maximum atomic E-state index is 7.00. The van der Waals surface area contributed by atoms with Gasteiger partial charge in [-0.25, -0.2) is 0 Å². The number of aliphatic hydroxyl groups excluding tert-OH is 1. The van der Waals surface area contributed by atoms with Crippen LogP contribution in [-0.4, -0.2) is 17.2 Å². The molecule has 0 fully saturated rings. The number of H-pyrrole nitrogens is 1. The van der Waals surface area contributed by atoms with E-state index in [1.807, 2.05) is 6.92 Å². The van der Waals surface area contributed by atoms with Crippen LogP contribution in [0.4, 0.5) is 0 Å². The summed E-state index contributed by atoms with van der Waals surface area (Å²) in [4.78, 5) is 3.54. The van der Waals surface area contributed by atoms with E-state index in [9.17, 15) is 0 Å². The fourth-order valence-corrected chi connectivity index (χ4v) is 2.76. The number of aromatic amines is 1. The van der Waals surface area contributed by atoms with E-state index >= 15 is 0 Å². The highest BCUT2D eigenvalue weighted by Gasteiger charge is 2.14. The Morgan fingerprint density at radius 2 is 1.75 bits per heavy atom. The molecule has 0 spiro atoms. The zero-order chi connectivity index (χ0) is 17.7. The molecule has 128 valence electrons. The predicted molar refractivity (Wildman–Crippen MR) is 107 cm³/mol. The lowest BCUT2D eigenvalue weighted by molar-refractivity contribution is 0.399. The van der Waals surface area contributed by atoms with Crippen molar-refractivity contribution in [2.45, 2.75) is 33.1 Å². The predicted octanol–water partition coefficient (Wildman–Crippen LogP) is 6.02. The molecule has 0 bridgehead atoms. The lowest BCUT2D eigenvalue weighted by atomic mass is 9.86. The van der Waals surface area contributed by atoms with Crippen LogP contribution in [0, 0.1) is 0 Å². The van der Waals surface area contributed by atoms with Gasteiger partial charge in [0.05, 0.1) is 0 Å². The number of rotatable bonds is 2. The van der Waals surface area contributed by atoms with Gasteiger partial charge in [0.1, 0.15) is 0 Å². The number of fused-ring (bicyclic) bond motifs is 1. The largest absolute Gasteiger partial charge is 0.400 e. The number of nitrogens with one attached hydrogen (secondary N) is 1. The summed E-state index contributed by atoms with van der Waals surface area (Å²) in [7, 11) is 1.00. The third-order valence-electron chi connectivity index (χ3n) is 4.04. The number of benzene rings is 2. The highest BCUT2D eigenvalue weighted by Crippen LogP contribution is 2.29. The Morgan fingerprint density at radius 3 is 2.42 bits per heavy atom. The van der Waals surface area contributed by atoms with Crippen molar-refractivity contribution in [3.05, 3.63) is 65.7 Å². The Kier molecular flexibility index (Phi) is 5.63. The second kappa shape index (κ2) is 7.50. The van der Waals surface area contributed by atoms with Crippen LogP contribution in [0.2, 0.25) is 0 Å². The van der Waals surface area contributed by atoms with Gasteiger partial charge in [-0.2, -0.15) is 0 Å². The van der Waals surface area contributed by atoms with Crippen molar-refractivity contribution >= 4 is 17.0 Å². The van der Waals surface area contributed by atoms with Crippen molar-refractivity contribution in [3.8, 4) is 11.3 Å². The Balaban J connectivity index is 0.00000101. The van der Waals surface area contributed by atoms with Crippen molar-refractivity contribution < 1.29 is 6.53 Å². The molecule has 1 aromatic heterocycles. The minimum absolute atomic E-state index is 0. The van der Waals surface area contributed by atoms with Crippen molar-refractivity contribution in [2.24, 2.45) is 0 Å². The first-order chi connectivity index (χ1) is 11.5. The fraction of sp³-hybridized carbons (Fsp3) is 0.273. The molecule has 2 aromatic carbocycles. The smallest absolute Gasteiger partial charge is 0.0464 e. The van der Waals surface area contributed by atoms with Crippen molar-refractivity contribution in [2.75, 3.05) is 7.11 Å². The summed E-state index contributed by atoms with van der Waals surface area (Å²) < 4.78 is 0. The fourth-order valence-electron chi connectivity index (χ4n) is 2.76. The SMILES string of the molecule is C/C=C/c1ccc2[nH]c(-c3cccc(C(C)(C)C)c3)cc2c1.CO.[HH]. The van der Waals surface area contributed by atoms with Crippen LogP contribution in [0.1, 0.15) is 40.2 Å². The van der Waals surface area contributed by atoms with Gasteiger partial charge in [-0.15, -0.1) is 0 Å². The zero-order valence-corrected chi connectivity index (χ0v) is 15.2. The van der Waals surface area contributed by atoms with Gasteiger partial charge in [-0.05, 0) is 53.3 Å². The molecule has 1 heterocycles. The normalized spacial score (nSPS) is 11.6. The Hall–Kier alpha value is -2.32. The first-order valence-electron chi connectivity index (χ1n) is 8.28. The number of aromatic nitrogens is 1. The van der Waals surface area contributed by atoms with Gasteiger partial charge >= 0.3 is 0 Å². The van der Waals surface area contributed by atoms with Crippen LogP contribution in [0.15, 0.2) is 54.6 Å². The molecular formula is C22H29NO. The summed E-state index contributed by atoms with van der Waals surface area (Å²) >= 11 is 0. The van der Waals surface area contributed by atoms with E-state index in [1.165, 1.54) is 33.3 Å². The first kappa shape index (κ1) is 18.0. The molecular weight excluding hydrogens is 294 g/mol. The van der Waals surface area contributed by atoms with Gasteiger partial charge in [0.15, 0.2) is 0 Å². The number of allylic oxidation sites excluding steroid dienone is 1. The van der Waals surface area contributed by atoms with Crippen LogP contribution in [0.25, 0.3) is 28.2 Å². The summed E-state index contributed by atoms with van der Waals surface area (Å²) in [5.74, 6) is 0. The van der Waals surface area contributed by atoms with Crippen molar-refractivity contribution in [1.29, 1.82) is 0 Å². The molecule has 0 amide bonds. The minimum Gasteiger partial charge on any atom is -0.400 e. The van der Waals surface area contributed by atoms with E-state index in [1.54, 1.807) is 0 Å². The van der Waals surface area contributed by atoms with Gasteiger partial charge in [-0.3, -0.25) is 0 Å². The van der Waals surface area contributed by atoms with Crippen molar-refractivity contribution in [3.63, 3.8) is 0 Å². The van der Waals surface area contributed by atoms with Gasteiger partial charge in [0.2, 0.25) is 0 Å². The summed E-state index contributed by atoms with van der Waals surface area (Å²) in [5, 5.41) is 8.26. The molecule has 24 heavy (non-hydrogen) atoms. The molecule has 0 radical (unpaired) electrons. The van der Waals surface area contributed by atoms with Crippen LogP contribution < -0.4 is 0 Å². The monoisotopic (exact) mass is 323 g/mol. The van der Waals surface area contributed by atoms with E-state index in [2.05, 4.69) is 86.4 Å². The average molecular weight is 323 g/mol. The highest BCUT2D eigenvalue weighted by atomic mass is 16.2. The maximum Gasteiger partial charge on any atom is 0.0464 e. The Morgan fingerprint density at radius 1 is 1.00 bits per heavy atom. The molecule has 2 nitrogen and oxygen atoms in total. The molecule has 0 aliphatic carbocycles. The molecule has 0 aliphatic heterocycles. The maximum absolute atomic E-state index is 7.00. The van der Waals surface area contributed by atoms with Crippen LogP contribution in [0.3, 0.4) is 0 Å². The third kappa shape index (κ3) is 3.95. The van der Waals surface area contributed by atoms with Crippen molar-refractivity contribution in [1.82, 2.24) is 4.98 Å². The van der Waals surface area contributed by atoms with Crippen LogP contribution in [0.5, 0.6) is 0 Å². The summed E-state index contributed by atoms with van der Waals surface area (Å²) in [6.45, 7) is 8.80. The Labute approximate surface area is 146 Å². The molecule has 0 saturated carbocycles. The second-order valence-corrected chi connectivity index (χ2v) is 6.86. The molecule has 0 atom stereocenters. The van der Waals surface area contributed by atoms with Crippen LogP contribution in [-0.2, 0) is 5.41 Å². The van der Waals surface area contributed by atoms with Gasteiger partial charge < -0.3 is 10.1 Å². The second-order valence-electron chi connectivity index (χ2n) is 6.86. The summed E-state index contributed by atoms with van der Waals surface area (Å²) in [6.07, 6.45) is 4.20. The first-order valence-corrected chi connectivity index (χ1v) is 8.28. The summed E-state index contributed by atoms with van der Waals surface area (Å²) in [5.41, 5.74) is 6.38. The van der Waals surface area contributed by atoms with E-state index in [0.29, 0.717) is 0 Å². The average Bonchev–Trinajstić information content (AvgIpc) is 3.00. The van der Waals surface area contributed by atoms with Gasteiger partial charge in [0, 0.05) is 25.1 Å². The Bertz CT molecular complexity index is 841. The molecule has 3 aromatic rings. The molecule has 3 rings (SSSR count). The van der Waals surface area contributed by atoms with Gasteiger partial charge in [-0.1, -0.05) is 57.2 Å². The molecule has 0 saturated heterocycles. The lowest BCUT2D eigenvalue weighted by Crippen LogP contribution is -2.10. The molecule has 0 unspecified atom stereocenters. The minimum atomic E-state index is 0. The third-order valence-corrected chi connectivity index (χ3v) is 4.04. The van der Waals surface area contributed by atoms with Gasteiger partial charge in [0.25, 0.3) is 0 Å². The molecule has 2 N–H and O–H groups in total. The van der Waals surface area contributed by atoms with Crippen LogP contribution >= 0.6 is 0 Å². The number of hydrogen-bond donors (Lipinski definition) is 2. The van der Waals surface area contributed by atoms with E-state index in [4.69, 9.17) is 5.11 Å². The summed E-state index contributed by atoms with van der Waals surface area (Å²) in [6, 6.07) is 17.6. The lowest BCUT2D eigenvalue weighted by Gasteiger charge is -2.19. The van der Waals surface area contributed by atoms with E-state index in [-0.39, 0.29) is 6.84 Å². The zero-order valence-electron chi connectivity index (χ0n) is 15.2. The van der Waals surface area contributed by atoms with E-state index in [0.717, 1.165) is 7.11 Å². The number of hydrogen-bond acceptors (Lipinski definition) is 1. The number of aliphatic hydroxyl groups is 1. The highest BCUT2D eigenvalue weighted by molar-refractivity contribution is 5.87. The quantitative estimate of drug-likeness (QED) is 0.594. The molecule has 2 heteroatoms. The van der Waals surface area contributed by atoms with E-state index < -0.39 is 0 Å².